The van der Waals surface area contributed by atoms with Crippen LogP contribution in [0.4, 0.5) is 0 Å². The zero-order valence-corrected chi connectivity index (χ0v) is 64.8. The maximum atomic E-state index is 13.1. The Kier molecular flexibility index (Phi) is 65.0. The molecule has 96 heavy (non-hydrogen) atoms. The summed E-state index contributed by atoms with van der Waals surface area (Å²) in [6, 6.07) is 0. The molecule has 0 amide bonds. The van der Waals surface area contributed by atoms with Crippen molar-refractivity contribution >= 4 is 39.5 Å². The largest absolute Gasteiger partial charge is 0.472 e. The molecule has 19 heteroatoms. The van der Waals surface area contributed by atoms with Crippen LogP contribution >= 0.6 is 15.6 Å². The number of carbonyl (C=O) groups is 4. The molecule has 0 spiro atoms. The van der Waals surface area contributed by atoms with E-state index in [1.165, 1.54) is 186 Å². The zero-order valence-electron chi connectivity index (χ0n) is 63.0. The lowest BCUT2D eigenvalue weighted by Gasteiger charge is -2.21. The number of rotatable bonds is 74. The van der Waals surface area contributed by atoms with E-state index in [2.05, 4.69) is 55.4 Å². The molecule has 0 fully saturated rings. The van der Waals surface area contributed by atoms with Crippen LogP contribution in [0, 0.1) is 23.7 Å². The van der Waals surface area contributed by atoms with Gasteiger partial charge in [-0.3, -0.25) is 37.3 Å². The Hall–Kier alpha value is -1.94. The van der Waals surface area contributed by atoms with Crippen LogP contribution in [-0.4, -0.2) is 96.7 Å². The first-order valence-corrected chi connectivity index (χ1v) is 42.8. The van der Waals surface area contributed by atoms with Gasteiger partial charge in [-0.25, -0.2) is 9.13 Å². The molecule has 5 unspecified atom stereocenters. The molecule has 0 bridgehead atoms. The van der Waals surface area contributed by atoms with Crippen molar-refractivity contribution in [2.45, 2.75) is 408 Å². The van der Waals surface area contributed by atoms with Crippen LogP contribution in [0.1, 0.15) is 389 Å². The molecular weight excluding hydrogens is 1260 g/mol. The van der Waals surface area contributed by atoms with Crippen molar-refractivity contribution in [1.29, 1.82) is 0 Å². The average molecular weight is 1410 g/mol. The number of aliphatic hydroxyl groups is 1. The number of phosphoric acid groups is 2. The van der Waals surface area contributed by atoms with E-state index in [0.29, 0.717) is 25.7 Å². The molecule has 0 saturated carbocycles. The molecule has 3 N–H and O–H groups in total. The summed E-state index contributed by atoms with van der Waals surface area (Å²) in [5.74, 6) is 1.02. The number of aliphatic hydroxyl groups excluding tert-OH is 1. The Bertz CT molecular complexity index is 1890. The summed E-state index contributed by atoms with van der Waals surface area (Å²) in [6.45, 7) is 14.2. The van der Waals surface area contributed by atoms with Crippen molar-refractivity contribution in [3.63, 3.8) is 0 Å². The van der Waals surface area contributed by atoms with Crippen LogP contribution in [0.2, 0.25) is 0 Å². The van der Waals surface area contributed by atoms with Gasteiger partial charge >= 0.3 is 39.5 Å². The Morgan fingerprint density at radius 3 is 0.740 bits per heavy atom. The van der Waals surface area contributed by atoms with Gasteiger partial charge in [-0.2, -0.15) is 0 Å². The first kappa shape index (κ1) is 94.1. The van der Waals surface area contributed by atoms with Gasteiger partial charge in [0, 0.05) is 25.7 Å². The quantitative estimate of drug-likeness (QED) is 0.0222. The van der Waals surface area contributed by atoms with Crippen LogP contribution < -0.4 is 0 Å². The van der Waals surface area contributed by atoms with Gasteiger partial charge in [0.05, 0.1) is 26.4 Å². The van der Waals surface area contributed by atoms with Crippen LogP contribution in [-0.2, 0) is 65.4 Å². The maximum absolute atomic E-state index is 13.1. The fourth-order valence-electron chi connectivity index (χ4n) is 11.6. The predicted molar refractivity (Wildman–Crippen MR) is 391 cm³/mol. The number of esters is 4. The van der Waals surface area contributed by atoms with Crippen LogP contribution in [0.5, 0.6) is 0 Å². The Balaban J connectivity index is 5.23. The summed E-state index contributed by atoms with van der Waals surface area (Å²) in [6.07, 6.45) is 51.2. The molecule has 0 aliphatic heterocycles. The van der Waals surface area contributed by atoms with Crippen molar-refractivity contribution in [2.24, 2.45) is 23.7 Å². The SMILES string of the molecule is CCC(C)CCCCCCCCCCCCCCCCC(=O)O[C@H](COC(=O)CCCCCCCCC(C)CC)COP(=O)(O)OC[C@H](O)COP(=O)(O)OC[C@@H](COC(=O)CCCCCCCCCCCCCCCC(C)C)OC(=O)CCCCCCCCCCC(C)CC. The minimum Gasteiger partial charge on any atom is -0.462 e. The van der Waals surface area contributed by atoms with E-state index >= 15 is 0 Å². The highest BCUT2D eigenvalue weighted by Crippen LogP contribution is 2.45. The van der Waals surface area contributed by atoms with Gasteiger partial charge in [0.25, 0.3) is 0 Å². The lowest BCUT2D eigenvalue weighted by Crippen LogP contribution is -2.30. The Labute approximate surface area is 588 Å². The summed E-state index contributed by atoms with van der Waals surface area (Å²) >= 11 is 0. The van der Waals surface area contributed by atoms with Crippen molar-refractivity contribution in [3.05, 3.63) is 0 Å². The molecule has 17 nitrogen and oxygen atoms in total. The lowest BCUT2D eigenvalue weighted by atomic mass is 9.99. The third-order valence-electron chi connectivity index (χ3n) is 18.9. The second-order valence-corrected chi connectivity index (χ2v) is 31.9. The summed E-state index contributed by atoms with van der Waals surface area (Å²) in [7, 11) is -9.92. The normalized spacial score (nSPS) is 15.0. The van der Waals surface area contributed by atoms with Crippen molar-refractivity contribution in [1.82, 2.24) is 0 Å². The van der Waals surface area contributed by atoms with Crippen LogP contribution in [0.3, 0.4) is 0 Å². The molecule has 0 saturated heterocycles. The first-order chi connectivity index (χ1) is 46.2. The van der Waals surface area contributed by atoms with E-state index in [4.69, 9.17) is 37.0 Å². The molecule has 0 radical (unpaired) electrons. The number of phosphoric ester groups is 2. The van der Waals surface area contributed by atoms with E-state index < -0.39 is 97.5 Å². The molecule has 0 rings (SSSR count). The van der Waals surface area contributed by atoms with Gasteiger partial charge < -0.3 is 33.8 Å². The van der Waals surface area contributed by atoms with Gasteiger partial charge in [-0.05, 0) is 49.4 Å². The van der Waals surface area contributed by atoms with E-state index in [1.807, 2.05) is 0 Å². The second kappa shape index (κ2) is 66.3. The molecule has 8 atom stereocenters. The fraction of sp³-hybridized carbons (Fsp3) is 0.948. The van der Waals surface area contributed by atoms with Gasteiger partial charge in [0.15, 0.2) is 12.2 Å². The van der Waals surface area contributed by atoms with E-state index in [-0.39, 0.29) is 25.7 Å². The molecular formula is C77H150O17P2. The summed E-state index contributed by atoms with van der Waals surface area (Å²) in [5, 5.41) is 10.6. The summed E-state index contributed by atoms with van der Waals surface area (Å²) in [5.41, 5.74) is 0. The third kappa shape index (κ3) is 66.6. The van der Waals surface area contributed by atoms with E-state index in [0.717, 1.165) is 120 Å². The lowest BCUT2D eigenvalue weighted by molar-refractivity contribution is -0.161. The Morgan fingerprint density at radius 1 is 0.292 bits per heavy atom. The molecule has 570 valence electrons. The smallest absolute Gasteiger partial charge is 0.462 e. The van der Waals surface area contributed by atoms with Crippen LogP contribution in [0.15, 0.2) is 0 Å². The number of unbranched alkanes of at least 4 members (excludes halogenated alkanes) is 37. The van der Waals surface area contributed by atoms with Crippen molar-refractivity contribution in [3.8, 4) is 0 Å². The van der Waals surface area contributed by atoms with Gasteiger partial charge in [0.1, 0.15) is 19.3 Å². The molecule has 0 aromatic rings. The molecule has 0 aromatic carbocycles. The summed E-state index contributed by atoms with van der Waals surface area (Å²) < 4.78 is 68.6. The van der Waals surface area contributed by atoms with Crippen molar-refractivity contribution in [2.75, 3.05) is 39.6 Å². The van der Waals surface area contributed by atoms with Gasteiger partial charge in [-0.15, -0.1) is 0 Å². The topological polar surface area (TPSA) is 237 Å². The minimum absolute atomic E-state index is 0.105. The standard InChI is InChI=1S/C77H150O17P2/c1-9-68(6)54-46-38-30-24-20-16-12-13-17-22-26-33-43-51-59-76(81)93-73(64-88-75(80)58-50-42-36-35-40-48-56-70(8)11-3)66-92-96(85,86)90-62-71(78)61-89-95(83,84)91-65-72(94-77(82)60-52-44-34-28-27-31-39-47-55-69(7)10-2)63-87-74(79)57-49-41-32-25-21-18-14-15-19-23-29-37-45-53-67(4)5/h67-73,78H,9-66H2,1-8H3,(H,83,84)(H,85,86)/t68?,69?,70?,71-,72-,73-/m1/s1. The second-order valence-electron chi connectivity index (χ2n) is 28.9. The van der Waals surface area contributed by atoms with Crippen LogP contribution in [0.25, 0.3) is 0 Å². The number of hydrogen-bond acceptors (Lipinski definition) is 15. The van der Waals surface area contributed by atoms with Gasteiger partial charge in [-0.1, -0.05) is 338 Å². The molecule has 0 heterocycles. The first-order valence-electron chi connectivity index (χ1n) is 39.8. The monoisotopic (exact) mass is 1410 g/mol. The third-order valence-corrected chi connectivity index (χ3v) is 20.8. The fourth-order valence-corrected chi connectivity index (χ4v) is 13.2. The molecule has 0 aliphatic rings. The average Bonchev–Trinajstić information content (AvgIpc) is 1.12. The highest BCUT2D eigenvalue weighted by Gasteiger charge is 2.30. The van der Waals surface area contributed by atoms with E-state index in [9.17, 15) is 43.2 Å². The highest BCUT2D eigenvalue weighted by atomic mass is 31.2. The number of ether oxygens (including phenoxy) is 4. The molecule has 0 aliphatic carbocycles. The zero-order chi connectivity index (χ0) is 71.0. The highest BCUT2D eigenvalue weighted by molar-refractivity contribution is 7.47. The van der Waals surface area contributed by atoms with Crippen molar-refractivity contribution < 1.29 is 80.2 Å². The summed E-state index contributed by atoms with van der Waals surface area (Å²) in [4.78, 5) is 72.9. The van der Waals surface area contributed by atoms with Gasteiger partial charge in [0.2, 0.25) is 0 Å². The number of hydrogen-bond donors (Lipinski definition) is 3. The maximum Gasteiger partial charge on any atom is 0.472 e. The number of carbonyl (C=O) groups excluding carboxylic acids is 4. The van der Waals surface area contributed by atoms with E-state index in [1.54, 1.807) is 0 Å². The molecule has 0 aromatic heterocycles. The Morgan fingerprint density at radius 2 is 0.500 bits per heavy atom. The predicted octanol–water partition coefficient (Wildman–Crippen LogP) is 22.4. The minimum atomic E-state index is -4.96.